The Morgan fingerprint density at radius 3 is 3.07 bits per heavy atom. The summed E-state index contributed by atoms with van der Waals surface area (Å²) in [6.45, 7) is 3.00. The molecule has 15 heavy (non-hydrogen) atoms. The molecule has 1 atom stereocenters. The third kappa shape index (κ3) is 4.19. The van der Waals surface area contributed by atoms with E-state index in [1.54, 1.807) is 11.8 Å². The summed E-state index contributed by atoms with van der Waals surface area (Å²) in [5.41, 5.74) is 5.81. The molecule has 0 aliphatic rings. The highest BCUT2D eigenvalue weighted by Gasteiger charge is 2.13. The molecule has 0 aliphatic carbocycles. The Morgan fingerprint density at radius 1 is 1.60 bits per heavy atom. The van der Waals surface area contributed by atoms with Gasteiger partial charge in [-0.2, -0.15) is 16.7 Å². The number of ether oxygens (including phenoxy) is 1. The van der Waals surface area contributed by atoms with Gasteiger partial charge in [0, 0.05) is 18.8 Å². The molecule has 0 spiro atoms. The number of aromatic nitrogens is 2. The predicted octanol–water partition coefficient (Wildman–Crippen LogP) is 1.01. The van der Waals surface area contributed by atoms with Gasteiger partial charge in [-0.15, -0.1) is 0 Å². The molecule has 1 rings (SSSR count). The molecule has 1 aromatic heterocycles. The number of rotatable bonds is 7. The van der Waals surface area contributed by atoms with Crippen LogP contribution < -0.4 is 5.73 Å². The fourth-order valence-corrected chi connectivity index (χ4v) is 1.41. The molecule has 0 saturated carbocycles. The molecule has 0 bridgehead atoms. The second-order valence-corrected chi connectivity index (χ2v) is 4.04. The van der Waals surface area contributed by atoms with Crippen LogP contribution in [0.15, 0.2) is 4.52 Å². The molecule has 1 aromatic rings. The Kier molecular flexibility index (Phi) is 5.67. The van der Waals surface area contributed by atoms with Gasteiger partial charge in [-0.05, 0) is 13.2 Å². The predicted molar refractivity (Wildman–Crippen MR) is 59.8 cm³/mol. The van der Waals surface area contributed by atoms with Crippen molar-refractivity contribution in [1.82, 2.24) is 10.1 Å². The molecule has 0 fully saturated rings. The molecular formula is C9H17N3O2S. The first-order chi connectivity index (χ1) is 7.27. The van der Waals surface area contributed by atoms with Crippen LogP contribution in [0.3, 0.4) is 0 Å². The normalized spacial score (nSPS) is 13.0. The van der Waals surface area contributed by atoms with Gasteiger partial charge in [0.2, 0.25) is 5.89 Å². The highest BCUT2D eigenvalue weighted by Crippen LogP contribution is 2.08. The monoisotopic (exact) mass is 231 g/mol. The second-order valence-electron chi connectivity index (χ2n) is 3.06. The highest BCUT2D eigenvalue weighted by atomic mass is 32.2. The van der Waals surface area contributed by atoms with E-state index in [1.807, 2.05) is 13.2 Å². The summed E-state index contributed by atoms with van der Waals surface area (Å²) < 4.78 is 10.2. The molecule has 6 heteroatoms. The molecule has 0 aromatic carbocycles. The van der Waals surface area contributed by atoms with E-state index in [4.69, 9.17) is 15.0 Å². The van der Waals surface area contributed by atoms with Crippen LogP contribution in [0.1, 0.15) is 24.7 Å². The second kappa shape index (κ2) is 6.81. The van der Waals surface area contributed by atoms with Gasteiger partial charge >= 0.3 is 0 Å². The van der Waals surface area contributed by atoms with Crippen molar-refractivity contribution in [2.45, 2.75) is 19.4 Å². The maximum atomic E-state index is 5.81. The van der Waals surface area contributed by atoms with Crippen LogP contribution in [0.5, 0.6) is 0 Å². The zero-order valence-corrected chi connectivity index (χ0v) is 9.92. The van der Waals surface area contributed by atoms with Crippen molar-refractivity contribution in [3.63, 3.8) is 0 Å². The van der Waals surface area contributed by atoms with Crippen LogP contribution in [0.4, 0.5) is 0 Å². The Bertz CT molecular complexity index is 280. The maximum Gasteiger partial charge on any atom is 0.227 e. The molecule has 5 nitrogen and oxygen atoms in total. The Labute approximate surface area is 93.7 Å². The minimum absolute atomic E-state index is 0.295. The SMILES string of the molecule is CCOCC(N)c1noc(CCSC)n1. The third-order valence-corrected chi connectivity index (χ3v) is 2.45. The van der Waals surface area contributed by atoms with Crippen molar-refractivity contribution in [3.8, 4) is 0 Å². The lowest BCUT2D eigenvalue weighted by molar-refractivity contribution is 0.130. The van der Waals surface area contributed by atoms with Gasteiger partial charge in [0.05, 0.1) is 12.6 Å². The molecule has 1 unspecified atom stereocenters. The number of hydrogen-bond acceptors (Lipinski definition) is 6. The molecule has 0 saturated heterocycles. The molecule has 0 aliphatic heterocycles. The first kappa shape index (κ1) is 12.5. The average molecular weight is 231 g/mol. The summed E-state index contributed by atoms with van der Waals surface area (Å²) in [5, 5.41) is 3.82. The van der Waals surface area contributed by atoms with Crippen LogP contribution in [-0.4, -0.2) is 35.4 Å². The van der Waals surface area contributed by atoms with Crippen LogP contribution in [-0.2, 0) is 11.2 Å². The minimum Gasteiger partial charge on any atom is -0.380 e. The van der Waals surface area contributed by atoms with Crippen molar-refractivity contribution < 1.29 is 9.26 Å². The Hall–Kier alpha value is -0.590. The van der Waals surface area contributed by atoms with Gasteiger partial charge < -0.3 is 15.0 Å². The zero-order valence-electron chi connectivity index (χ0n) is 9.10. The lowest BCUT2D eigenvalue weighted by Gasteiger charge is -2.05. The van der Waals surface area contributed by atoms with Crippen LogP contribution in [0.2, 0.25) is 0 Å². The fourth-order valence-electron chi connectivity index (χ4n) is 1.03. The number of thioether (sulfide) groups is 1. The quantitative estimate of drug-likeness (QED) is 0.755. The molecule has 1 heterocycles. The summed E-state index contributed by atoms with van der Waals surface area (Å²) >= 11 is 1.74. The largest absolute Gasteiger partial charge is 0.380 e. The van der Waals surface area contributed by atoms with Crippen molar-refractivity contribution in [2.75, 3.05) is 25.2 Å². The first-order valence-electron chi connectivity index (χ1n) is 4.92. The van der Waals surface area contributed by atoms with Gasteiger partial charge in [-0.25, -0.2) is 0 Å². The minimum atomic E-state index is -0.295. The number of hydrogen-bond donors (Lipinski definition) is 1. The van der Waals surface area contributed by atoms with Crippen LogP contribution >= 0.6 is 11.8 Å². The summed E-state index contributed by atoms with van der Waals surface area (Å²) in [7, 11) is 0. The van der Waals surface area contributed by atoms with Crippen LogP contribution in [0, 0.1) is 0 Å². The van der Waals surface area contributed by atoms with E-state index >= 15 is 0 Å². The standard InChI is InChI=1S/C9H17N3O2S/c1-3-13-6-7(10)9-11-8(14-12-9)4-5-15-2/h7H,3-6,10H2,1-2H3. The van der Waals surface area contributed by atoms with E-state index in [-0.39, 0.29) is 6.04 Å². The summed E-state index contributed by atoms with van der Waals surface area (Å²) in [4.78, 5) is 4.20. The average Bonchev–Trinajstić information content (AvgIpc) is 2.71. The zero-order chi connectivity index (χ0) is 11.1. The van der Waals surface area contributed by atoms with Crippen molar-refractivity contribution >= 4 is 11.8 Å². The molecule has 0 radical (unpaired) electrons. The third-order valence-electron chi connectivity index (χ3n) is 1.84. The Balaban J connectivity index is 2.43. The number of aryl methyl sites for hydroxylation is 1. The van der Waals surface area contributed by atoms with E-state index in [0.29, 0.717) is 24.9 Å². The summed E-state index contributed by atoms with van der Waals surface area (Å²) in [6.07, 6.45) is 2.83. The van der Waals surface area contributed by atoms with E-state index in [2.05, 4.69) is 10.1 Å². The van der Waals surface area contributed by atoms with E-state index < -0.39 is 0 Å². The lowest BCUT2D eigenvalue weighted by atomic mass is 10.3. The molecule has 0 amide bonds. The van der Waals surface area contributed by atoms with Crippen molar-refractivity contribution in [1.29, 1.82) is 0 Å². The molecular weight excluding hydrogens is 214 g/mol. The molecule has 86 valence electrons. The van der Waals surface area contributed by atoms with Crippen LogP contribution in [0.25, 0.3) is 0 Å². The summed E-state index contributed by atoms with van der Waals surface area (Å²) in [5.74, 6) is 2.15. The maximum absolute atomic E-state index is 5.81. The number of nitrogens with two attached hydrogens (primary N) is 1. The summed E-state index contributed by atoms with van der Waals surface area (Å²) in [6, 6.07) is -0.295. The lowest BCUT2D eigenvalue weighted by Crippen LogP contribution is -2.18. The first-order valence-corrected chi connectivity index (χ1v) is 6.32. The van der Waals surface area contributed by atoms with Gasteiger partial charge in [-0.3, -0.25) is 0 Å². The van der Waals surface area contributed by atoms with Gasteiger partial charge in [0.1, 0.15) is 0 Å². The van der Waals surface area contributed by atoms with E-state index in [1.165, 1.54) is 0 Å². The van der Waals surface area contributed by atoms with Crippen molar-refractivity contribution in [2.24, 2.45) is 5.73 Å². The van der Waals surface area contributed by atoms with Gasteiger partial charge in [0.25, 0.3) is 0 Å². The molecule has 2 N–H and O–H groups in total. The van der Waals surface area contributed by atoms with Gasteiger partial charge in [0.15, 0.2) is 5.82 Å². The van der Waals surface area contributed by atoms with Gasteiger partial charge in [-0.1, -0.05) is 5.16 Å². The highest BCUT2D eigenvalue weighted by molar-refractivity contribution is 7.98. The smallest absolute Gasteiger partial charge is 0.227 e. The van der Waals surface area contributed by atoms with E-state index in [0.717, 1.165) is 12.2 Å². The van der Waals surface area contributed by atoms with E-state index in [9.17, 15) is 0 Å². The number of nitrogens with zero attached hydrogens (tertiary/aromatic N) is 2. The topological polar surface area (TPSA) is 74.2 Å². The van der Waals surface area contributed by atoms with Crippen molar-refractivity contribution in [3.05, 3.63) is 11.7 Å². The fraction of sp³-hybridized carbons (Fsp3) is 0.778. The Morgan fingerprint density at radius 2 is 2.40 bits per heavy atom.